The van der Waals surface area contributed by atoms with Gasteiger partial charge < -0.3 is 0 Å². The summed E-state index contributed by atoms with van der Waals surface area (Å²) in [6.07, 6.45) is 1.33. The standard InChI is InChI=1S/C6H5Cl.C4H10O3S/c7-6-4-2-1-3-5-6;1-2-3-4-8(5,6)7/h1-5H;2-4H2,1H3,(H,5,6,7). The molecule has 1 aromatic carbocycles. The van der Waals surface area contributed by atoms with Gasteiger partial charge in [-0.05, 0) is 18.6 Å². The number of benzene rings is 1. The Balaban J connectivity index is 0.000000262. The van der Waals surface area contributed by atoms with Crippen LogP contribution in [0, 0.1) is 0 Å². The zero-order valence-electron chi connectivity index (χ0n) is 8.56. The summed E-state index contributed by atoms with van der Waals surface area (Å²) in [7, 11) is -3.69. The van der Waals surface area contributed by atoms with Gasteiger partial charge in [-0.25, -0.2) is 0 Å². The lowest BCUT2D eigenvalue weighted by Crippen LogP contribution is -2.02. The summed E-state index contributed by atoms with van der Waals surface area (Å²) in [5.41, 5.74) is 0. The average Bonchev–Trinajstić information content (AvgIpc) is 2.16. The lowest BCUT2D eigenvalue weighted by molar-refractivity contribution is 0.480. The van der Waals surface area contributed by atoms with E-state index in [-0.39, 0.29) is 5.75 Å². The second-order valence-electron chi connectivity index (χ2n) is 2.94. The van der Waals surface area contributed by atoms with Gasteiger partial charge in [-0.3, -0.25) is 4.55 Å². The Kier molecular flexibility index (Phi) is 7.38. The molecule has 0 aliphatic carbocycles. The fraction of sp³-hybridized carbons (Fsp3) is 0.400. The van der Waals surface area contributed by atoms with Crippen LogP contribution >= 0.6 is 11.6 Å². The fourth-order valence-corrected chi connectivity index (χ4v) is 1.54. The van der Waals surface area contributed by atoms with Gasteiger partial charge in [0.15, 0.2) is 0 Å². The molecule has 0 unspecified atom stereocenters. The molecule has 0 heterocycles. The summed E-state index contributed by atoms with van der Waals surface area (Å²) in [6, 6.07) is 9.44. The minimum Gasteiger partial charge on any atom is -0.286 e. The second kappa shape index (κ2) is 7.68. The van der Waals surface area contributed by atoms with Crippen molar-refractivity contribution >= 4 is 21.7 Å². The van der Waals surface area contributed by atoms with Crippen molar-refractivity contribution in [1.82, 2.24) is 0 Å². The molecule has 1 aromatic rings. The molecule has 0 aromatic heterocycles. The summed E-state index contributed by atoms with van der Waals surface area (Å²) in [5.74, 6) is -0.108. The highest BCUT2D eigenvalue weighted by Gasteiger charge is 2.00. The number of halogens is 1. The minimum atomic E-state index is -3.69. The number of hydrogen-bond acceptors (Lipinski definition) is 2. The van der Waals surface area contributed by atoms with Crippen LogP contribution in [0.1, 0.15) is 19.8 Å². The molecule has 0 bridgehead atoms. The SMILES string of the molecule is CCCCS(=O)(=O)O.Clc1ccccc1. The topological polar surface area (TPSA) is 54.4 Å². The maximum absolute atomic E-state index is 9.95. The van der Waals surface area contributed by atoms with Crippen molar-refractivity contribution in [2.24, 2.45) is 0 Å². The van der Waals surface area contributed by atoms with E-state index in [0.717, 1.165) is 11.4 Å². The summed E-state index contributed by atoms with van der Waals surface area (Å²) < 4.78 is 28.0. The van der Waals surface area contributed by atoms with E-state index in [1.807, 2.05) is 37.3 Å². The summed E-state index contributed by atoms with van der Waals surface area (Å²) in [6.45, 7) is 1.87. The summed E-state index contributed by atoms with van der Waals surface area (Å²) in [5, 5.41) is 0.794. The molecule has 0 aliphatic rings. The zero-order valence-corrected chi connectivity index (χ0v) is 10.1. The highest BCUT2D eigenvalue weighted by molar-refractivity contribution is 7.85. The van der Waals surface area contributed by atoms with Crippen LogP contribution in [-0.2, 0) is 10.1 Å². The van der Waals surface area contributed by atoms with Crippen LogP contribution in [0.3, 0.4) is 0 Å². The molecular formula is C10H15ClO3S. The monoisotopic (exact) mass is 250 g/mol. The van der Waals surface area contributed by atoms with Crippen molar-refractivity contribution in [1.29, 1.82) is 0 Å². The van der Waals surface area contributed by atoms with Crippen molar-refractivity contribution in [3.05, 3.63) is 35.4 Å². The Morgan fingerprint density at radius 2 is 1.80 bits per heavy atom. The molecule has 0 radical (unpaired) electrons. The van der Waals surface area contributed by atoms with E-state index < -0.39 is 10.1 Å². The van der Waals surface area contributed by atoms with Crippen LogP contribution in [0.25, 0.3) is 0 Å². The molecule has 5 heteroatoms. The van der Waals surface area contributed by atoms with E-state index in [1.54, 1.807) is 0 Å². The maximum atomic E-state index is 9.95. The Morgan fingerprint density at radius 1 is 1.27 bits per heavy atom. The van der Waals surface area contributed by atoms with Crippen LogP contribution in [0.4, 0.5) is 0 Å². The van der Waals surface area contributed by atoms with Crippen molar-refractivity contribution in [3.8, 4) is 0 Å². The lowest BCUT2D eigenvalue weighted by Gasteiger charge is -1.90. The van der Waals surface area contributed by atoms with E-state index in [0.29, 0.717) is 6.42 Å². The third kappa shape index (κ3) is 11.3. The Hall–Kier alpha value is -0.580. The Bertz CT molecular complexity index is 348. The van der Waals surface area contributed by atoms with Crippen LogP contribution in [0.5, 0.6) is 0 Å². The predicted molar refractivity (Wildman–Crippen MR) is 62.8 cm³/mol. The Morgan fingerprint density at radius 3 is 2.00 bits per heavy atom. The molecular weight excluding hydrogens is 236 g/mol. The number of hydrogen-bond donors (Lipinski definition) is 1. The average molecular weight is 251 g/mol. The van der Waals surface area contributed by atoms with Crippen LogP contribution in [0.2, 0.25) is 5.02 Å². The molecule has 1 N–H and O–H groups in total. The highest BCUT2D eigenvalue weighted by Crippen LogP contribution is 2.03. The molecule has 1 rings (SSSR count). The first-order valence-corrected chi connectivity index (χ1v) is 6.60. The molecule has 0 aliphatic heterocycles. The van der Waals surface area contributed by atoms with Gasteiger partial charge in [0.25, 0.3) is 10.1 Å². The van der Waals surface area contributed by atoms with E-state index in [1.165, 1.54) is 0 Å². The molecule has 0 spiro atoms. The first-order chi connectivity index (χ1) is 6.95. The molecule has 15 heavy (non-hydrogen) atoms. The van der Waals surface area contributed by atoms with Gasteiger partial charge in [-0.1, -0.05) is 43.1 Å². The molecule has 0 atom stereocenters. The lowest BCUT2D eigenvalue weighted by atomic mass is 10.4. The van der Waals surface area contributed by atoms with Crippen LogP contribution < -0.4 is 0 Å². The smallest absolute Gasteiger partial charge is 0.264 e. The summed E-state index contributed by atoms with van der Waals surface area (Å²) >= 11 is 5.54. The van der Waals surface area contributed by atoms with E-state index in [4.69, 9.17) is 16.2 Å². The van der Waals surface area contributed by atoms with Crippen LogP contribution in [0.15, 0.2) is 30.3 Å². The molecule has 86 valence electrons. The largest absolute Gasteiger partial charge is 0.286 e. The molecule has 0 fully saturated rings. The van der Waals surface area contributed by atoms with Gasteiger partial charge in [0, 0.05) is 5.02 Å². The highest BCUT2D eigenvalue weighted by atomic mass is 35.5. The Labute approximate surface area is 95.8 Å². The number of rotatable bonds is 3. The van der Waals surface area contributed by atoms with Crippen LogP contribution in [-0.4, -0.2) is 18.7 Å². The van der Waals surface area contributed by atoms with E-state index >= 15 is 0 Å². The third-order valence-electron chi connectivity index (χ3n) is 1.49. The van der Waals surface area contributed by atoms with Gasteiger partial charge in [0.1, 0.15) is 0 Å². The molecule has 0 amide bonds. The second-order valence-corrected chi connectivity index (χ2v) is 4.94. The fourth-order valence-electron chi connectivity index (χ4n) is 0.741. The summed E-state index contributed by atoms with van der Waals surface area (Å²) in [4.78, 5) is 0. The molecule has 0 saturated heterocycles. The van der Waals surface area contributed by atoms with Gasteiger partial charge >= 0.3 is 0 Å². The molecule has 3 nitrogen and oxygen atoms in total. The molecule has 0 saturated carbocycles. The first-order valence-electron chi connectivity index (χ1n) is 4.61. The maximum Gasteiger partial charge on any atom is 0.264 e. The first kappa shape index (κ1) is 14.4. The van der Waals surface area contributed by atoms with Crippen molar-refractivity contribution in [2.75, 3.05) is 5.75 Å². The predicted octanol–water partition coefficient (Wildman–Crippen LogP) is 3.01. The minimum absolute atomic E-state index is 0.108. The number of unbranched alkanes of at least 4 members (excludes halogenated alkanes) is 1. The zero-order chi connectivity index (χ0) is 11.7. The van der Waals surface area contributed by atoms with E-state index in [2.05, 4.69) is 0 Å². The van der Waals surface area contributed by atoms with Crippen molar-refractivity contribution < 1.29 is 13.0 Å². The van der Waals surface area contributed by atoms with Gasteiger partial charge in [0.05, 0.1) is 5.75 Å². The quantitative estimate of drug-likeness (QED) is 0.839. The van der Waals surface area contributed by atoms with Gasteiger partial charge in [0.2, 0.25) is 0 Å². The third-order valence-corrected chi connectivity index (χ3v) is 2.55. The normalized spacial score (nSPS) is 10.3. The van der Waals surface area contributed by atoms with Crippen molar-refractivity contribution in [3.63, 3.8) is 0 Å². The van der Waals surface area contributed by atoms with Gasteiger partial charge in [-0.2, -0.15) is 8.42 Å². The van der Waals surface area contributed by atoms with E-state index in [9.17, 15) is 8.42 Å². The van der Waals surface area contributed by atoms with Gasteiger partial charge in [-0.15, -0.1) is 0 Å². The van der Waals surface area contributed by atoms with Crippen molar-refractivity contribution in [2.45, 2.75) is 19.8 Å².